The Balaban J connectivity index is 2.36. The molecule has 0 radical (unpaired) electrons. The zero-order valence-corrected chi connectivity index (χ0v) is 10.6. The van der Waals surface area contributed by atoms with Crippen molar-refractivity contribution in [2.24, 2.45) is 0 Å². The van der Waals surface area contributed by atoms with Crippen molar-refractivity contribution in [2.45, 2.75) is 13.3 Å². The zero-order chi connectivity index (χ0) is 13.8. The van der Waals surface area contributed by atoms with E-state index in [0.29, 0.717) is 16.7 Å². The van der Waals surface area contributed by atoms with Crippen molar-refractivity contribution in [2.75, 3.05) is 0 Å². The fraction of sp³-hybridized carbons (Fsp3) is 0.125. The normalized spacial score (nSPS) is 10.2. The summed E-state index contributed by atoms with van der Waals surface area (Å²) in [5, 5.41) is 8.85. The molecule has 3 heteroatoms. The average molecular weight is 254 g/mol. The number of carbonyl (C=O) groups excluding carboxylic acids is 1. The molecule has 19 heavy (non-hydrogen) atoms. The quantitative estimate of drug-likeness (QED) is 0.853. The van der Waals surface area contributed by atoms with E-state index in [1.54, 1.807) is 42.5 Å². The van der Waals surface area contributed by atoms with Gasteiger partial charge in [0.25, 0.3) is 0 Å². The highest BCUT2D eigenvalue weighted by atomic mass is 16.4. The summed E-state index contributed by atoms with van der Waals surface area (Å²) in [5.74, 6) is -0.986. The van der Waals surface area contributed by atoms with Crippen molar-refractivity contribution in [3.8, 4) is 0 Å². The van der Waals surface area contributed by atoms with Gasteiger partial charge in [0.2, 0.25) is 0 Å². The molecule has 0 aromatic heterocycles. The monoisotopic (exact) mass is 254 g/mol. The number of carboxylic acids is 1. The first-order valence-corrected chi connectivity index (χ1v) is 5.99. The molecule has 2 aromatic rings. The highest BCUT2D eigenvalue weighted by Crippen LogP contribution is 2.15. The number of benzene rings is 2. The van der Waals surface area contributed by atoms with Gasteiger partial charge >= 0.3 is 5.97 Å². The fourth-order valence-corrected chi connectivity index (χ4v) is 1.92. The van der Waals surface area contributed by atoms with Crippen molar-refractivity contribution in [1.29, 1.82) is 0 Å². The second-order valence-corrected chi connectivity index (χ2v) is 4.41. The molecule has 0 spiro atoms. The van der Waals surface area contributed by atoms with Crippen LogP contribution in [0.2, 0.25) is 0 Å². The third kappa shape index (κ3) is 3.07. The second kappa shape index (κ2) is 5.48. The van der Waals surface area contributed by atoms with E-state index >= 15 is 0 Å². The van der Waals surface area contributed by atoms with E-state index in [4.69, 9.17) is 5.11 Å². The maximum atomic E-state index is 12.2. The summed E-state index contributed by atoms with van der Waals surface area (Å²) in [4.78, 5) is 23.0. The Kier molecular flexibility index (Phi) is 3.76. The van der Waals surface area contributed by atoms with Gasteiger partial charge in [0.05, 0.1) is 6.42 Å². The summed E-state index contributed by atoms with van der Waals surface area (Å²) >= 11 is 0. The number of aliphatic carboxylic acids is 1. The van der Waals surface area contributed by atoms with Crippen LogP contribution in [0.15, 0.2) is 48.5 Å². The summed E-state index contributed by atoms with van der Waals surface area (Å²) in [5.41, 5.74) is 2.68. The molecule has 1 N–H and O–H groups in total. The Morgan fingerprint density at radius 3 is 2.32 bits per heavy atom. The van der Waals surface area contributed by atoms with Gasteiger partial charge < -0.3 is 5.11 Å². The van der Waals surface area contributed by atoms with Crippen LogP contribution in [0, 0.1) is 6.92 Å². The number of carboxylic acid groups (broad SMARTS) is 1. The van der Waals surface area contributed by atoms with Crippen molar-refractivity contribution in [3.05, 3.63) is 70.8 Å². The maximum Gasteiger partial charge on any atom is 0.307 e. The summed E-state index contributed by atoms with van der Waals surface area (Å²) in [6.45, 7) is 1.84. The molecule has 0 aliphatic carbocycles. The molecule has 3 nitrogen and oxygen atoms in total. The number of carbonyl (C=O) groups is 2. The predicted octanol–water partition coefficient (Wildman–Crippen LogP) is 2.85. The summed E-state index contributed by atoms with van der Waals surface area (Å²) in [6.07, 6.45) is -0.0677. The molecule has 0 saturated heterocycles. The number of hydrogen-bond donors (Lipinski definition) is 1. The number of aryl methyl sites for hydroxylation is 1. The summed E-state index contributed by atoms with van der Waals surface area (Å²) in [6, 6.07) is 14.1. The van der Waals surface area contributed by atoms with E-state index in [9.17, 15) is 9.59 Å². The van der Waals surface area contributed by atoms with Crippen molar-refractivity contribution in [1.82, 2.24) is 0 Å². The van der Waals surface area contributed by atoms with Crippen LogP contribution in [0.25, 0.3) is 0 Å². The molecule has 0 aliphatic rings. The summed E-state index contributed by atoms with van der Waals surface area (Å²) in [7, 11) is 0. The lowest BCUT2D eigenvalue weighted by Crippen LogP contribution is -2.06. The van der Waals surface area contributed by atoms with Gasteiger partial charge in [-0.25, -0.2) is 0 Å². The van der Waals surface area contributed by atoms with E-state index in [1.165, 1.54) is 0 Å². The van der Waals surface area contributed by atoms with Gasteiger partial charge in [-0.15, -0.1) is 0 Å². The van der Waals surface area contributed by atoms with Crippen LogP contribution in [0.4, 0.5) is 0 Å². The molecule has 96 valence electrons. The molecule has 0 atom stereocenters. The largest absolute Gasteiger partial charge is 0.481 e. The molecule has 0 amide bonds. The molecular formula is C16H14O3. The highest BCUT2D eigenvalue weighted by Gasteiger charge is 2.11. The average Bonchev–Trinajstić information content (AvgIpc) is 2.41. The Labute approximate surface area is 111 Å². The lowest BCUT2D eigenvalue weighted by Gasteiger charge is -2.06. The SMILES string of the molecule is Cc1ccc(C(=O)c2ccccc2)cc1CC(=O)O. The molecule has 0 aliphatic heterocycles. The van der Waals surface area contributed by atoms with Crippen molar-refractivity contribution < 1.29 is 14.7 Å². The Morgan fingerprint density at radius 2 is 1.68 bits per heavy atom. The first-order valence-electron chi connectivity index (χ1n) is 5.99. The van der Waals surface area contributed by atoms with E-state index in [-0.39, 0.29) is 12.2 Å². The van der Waals surface area contributed by atoms with Crippen LogP contribution in [-0.2, 0) is 11.2 Å². The van der Waals surface area contributed by atoms with Crippen LogP contribution < -0.4 is 0 Å². The third-order valence-corrected chi connectivity index (χ3v) is 2.99. The molecule has 0 heterocycles. The van der Waals surface area contributed by atoms with E-state index < -0.39 is 5.97 Å². The minimum atomic E-state index is -0.896. The summed E-state index contributed by atoms with van der Waals surface area (Å²) < 4.78 is 0. The van der Waals surface area contributed by atoms with E-state index in [0.717, 1.165) is 5.56 Å². The minimum absolute atomic E-state index is 0.0677. The molecule has 0 bridgehead atoms. The van der Waals surface area contributed by atoms with Crippen molar-refractivity contribution in [3.63, 3.8) is 0 Å². The number of ketones is 1. The van der Waals surface area contributed by atoms with E-state index in [2.05, 4.69) is 0 Å². The van der Waals surface area contributed by atoms with Gasteiger partial charge in [-0.05, 0) is 24.1 Å². The van der Waals surface area contributed by atoms with Gasteiger partial charge in [-0.2, -0.15) is 0 Å². The lowest BCUT2D eigenvalue weighted by molar-refractivity contribution is -0.136. The van der Waals surface area contributed by atoms with Gasteiger partial charge in [0, 0.05) is 11.1 Å². The Morgan fingerprint density at radius 1 is 1.00 bits per heavy atom. The number of rotatable bonds is 4. The van der Waals surface area contributed by atoms with Crippen LogP contribution in [0.3, 0.4) is 0 Å². The van der Waals surface area contributed by atoms with Crippen molar-refractivity contribution >= 4 is 11.8 Å². The van der Waals surface area contributed by atoms with Gasteiger partial charge in [-0.1, -0.05) is 42.5 Å². The number of hydrogen-bond acceptors (Lipinski definition) is 2. The highest BCUT2D eigenvalue weighted by molar-refractivity contribution is 6.09. The van der Waals surface area contributed by atoms with Gasteiger partial charge in [0.1, 0.15) is 0 Å². The predicted molar refractivity (Wildman–Crippen MR) is 72.4 cm³/mol. The second-order valence-electron chi connectivity index (χ2n) is 4.41. The first-order chi connectivity index (χ1) is 9.08. The lowest BCUT2D eigenvalue weighted by atomic mass is 9.97. The van der Waals surface area contributed by atoms with Crippen LogP contribution >= 0.6 is 0 Å². The Hall–Kier alpha value is -2.42. The molecule has 2 rings (SSSR count). The molecular weight excluding hydrogens is 240 g/mol. The minimum Gasteiger partial charge on any atom is -0.481 e. The third-order valence-electron chi connectivity index (χ3n) is 2.99. The fourth-order valence-electron chi connectivity index (χ4n) is 1.92. The van der Waals surface area contributed by atoms with Crippen LogP contribution in [0.5, 0.6) is 0 Å². The van der Waals surface area contributed by atoms with Crippen LogP contribution in [-0.4, -0.2) is 16.9 Å². The Bertz CT molecular complexity index is 615. The topological polar surface area (TPSA) is 54.4 Å². The zero-order valence-electron chi connectivity index (χ0n) is 10.6. The standard InChI is InChI=1S/C16H14O3/c1-11-7-8-13(9-14(11)10-15(17)18)16(19)12-5-3-2-4-6-12/h2-9H,10H2,1H3,(H,17,18). The maximum absolute atomic E-state index is 12.2. The molecule has 2 aromatic carbocycles. The van der Waals surface area contributed by atoms with E-state index in [1.807, 2.05) is 13.0 Å². The molecule has 0 saturated carbocycles. The van der Waals surface area contributed by atoms with Gasteiger partial charge in [0.15, 0.2) is 5.78 Å². The first kappa shape index (κ1) is 13.0. The smallest absolute Gasteiger partial charge is 0.307 e. The van der Waals surface area contributed by atoms with Crippen LogP contribution in [0.1, 0.15) is 27.0 Å². The molecule has 0 unspecified atom stereocenters. The molecule has 0 fully saturated rings. The van der Waals surface area contributed by atoms with Gasteiger partial charge in [-0.3, -0.25) is 9.59 Å².